The van der Waals surface area contributed by atoms with E-state index in [4.69, 9.17) is 11.6 Å². The van der Waals surface area contributed by atoms with Gasteiger partial charge in [-0.15, -0.1) is 0 Å². The second kappa shape index (κ2) is 8.11. The molecule has 7 heteroatoms. The number of sulfonamides is 1. The average Bonchev–Trinajstić information content (AvgIpc) is 3.16. The van der Waals surface area contributed by atoms with Crippen LogP contribution >= 0.6 is 11.6 Å². The lowest BCUT2D eigenvalue weighted by Gasteiger charge is -2.08. The van der Waals surface area contributed by atoms with Crippen molar-refractivity contribution in [1.82, 2.24) is 9.78 Å². The second-order valence-corrected chi connectivity index (χ2v) is 8.59. The maximum absolute atomic E-state index is 13.1. The van der Waals surface area contributed by atoms with E-state index in [9.17, 15) is 8.42 Å². The summed E-state index contributed by atoms with van der Waals surface area (Å²) < 4.78 is 30.6. The molecule has 0 spiro atoms. The first-order valence-electron chi connectivity index (χ1n) is 8.96. The van der Waals surface area contributed by atoms with Crippen molar-refractivity contribution in [2.24, 2.45) is 0 Å². The third-order valence-electron chi connectivity index (χ3n) is 4.35. The minimum absolute atomic E-state index is 0.120. The van der Waals surface area contributed by atoms with Crippen molar-refractivity contribution in [1.29, 1.82) is 0 Å². The van der Waals surface area contributed by atoms with Crippen LogP contribution in [0, 0.1) is 0 Å². The highest BCUT2D eigenvalue weighted by molar-refractivity contribution is 7.92. The van der Waals surface area contributed by atoms with Crippen molar-refractivity contribution >= 4 is 27.3 Å². The van der Waals surface area contributed by atoms with Crippen molar-refractivity contribution in [3.63, 3.8) is 0 Å². The standard InChI is InChI=1S/C22H18ClN3O2S/c23-19-11-13-20(14-12-19)25-29(27,28)21-16-26(15-17-7-3-1-4-8-17)24-22(21)18-9-5-2-6-10-18/h1-14,16,25H,15H2. The maximum Gasteiger partial charge on any atom is 0.265 e. The van der Waals surface area contributed by atoms with Gasteiger partial charge in [0.05, 0.1) is 6.54 Å². The third kappa shape index (κ3) is 4.50. The number of rotatable bonds is 6. The average molecular weight is 424 g/mol. The zero-order chi connectivity index (χ0) is 20.3. The van der Waals surface area contributed by atoms with Crippen LogP contribution in [-0.4, -0.2) is 18.2 Å². The van der Waals surface area contributed by atoms with E-state index in [1.54, 1.807) is 35.1 Å². The zero-order valence-electron chi connectivity index (χ0n) is 15.4. The molecule has 146 valence electrons. The molecule has 29 heavy (non-hydrogen) atoms. The largest absolute Gasteiger partial charge is 0.280 e. The molecule has 0 saturated carbocycles. The molecule has 0 radical (unpaired) electrons. The summed E-state index contributed by atoms with van der Waals surface area (Å²) >= 11 is 5.89. The van der Waals surface area contributed by atoms with E-state index in [1.165, 1.54) is 0 Å². The van der Waals surface area contributed by atoms with Gasteiger partial charge in [0.15, 0.2) is 0 Å². The number of anilines is 1. The lowest BCUT2D eigenvalue weighted by Crippen LogP contribution is -2.13. The number of nitrogens with zero attached hydrogens (tertiary/aromatic N) is 2. The Morgan fingerprint density at radius 2 is 1.48 bits per heavy atom. The Morgan fingerprint density at radius 1 is 0.862 bits per heavy atom. The summed E-state index contributed by atoms with van der Waals surface area (Å²) in [6.07, 6.45) is 1.56. The van der Waals surface area contributed by atoms with Crippen LogP contribution in [0.3, 0.4) is 0 Å². The van der Waals surface area contributed by atoms with Crippen LogP contribution in [0.15, 0.2) is 96.0 Å². The van der Waals surface area contributed by atoms with Crippen molar-refractivity contribution in [2.45, 2.75) is 11.4 Å². The van der Waals surface area contributed by atoms with E-state index in [0.717, 1.165) is 11.1 Å². The maximum atomic E-state index is 13.1. The van der Waals surface area contributed by atoms with Gasteiger partial charge in [-0.1, -0.05) is 72.3 Å². The van der Waals surface area contributed by atoms with Crippen molar-refractivity contribution in [2.75, 3.05) is 4.72 Å². The Hall–Kier alpha value is -3.09. The molecular formula is C22H18ClN3O2S. The van der Waals surface area contributed by atoms with Crippen LogP contribution in [-0.2, 0) is 16.6 Å². The van der Waals surface area contributed by atoms with Crippen molar-refractivity contribution < 1.29 is 8.42 Å². The van der Waals surface area contributed by atoms with Crippen LogP contribution in [0.25, 0.3) is 11.3 Å². The first-order chi connectivity index (χ1) is 14.0. The highest BCUT2D eigenvalue weighted by Crippen LogP contribution is 2.28. The van der Waals surface area contributed by atoms with Crippen molar-refractivity contribution in [3.05, 3.63) is 102 Å². The summed E-state index contributed by atoms with van der Waals surface area (Å²) in [5.41, 5.74) is 2.60. The molecule has 0 atom stereocenters. The highest BCUT2D eigenvalue weighted by Gasteiger charge is 2.24. The molecule has 3 aromatic carbocycles. The Balaban J connectivity index is 1.74. The van der Waals surface area contributed by atoms with E-state index < -0.39 is 10.0 Å². The van der Waals surface area contributed by atoms with Gasteiger partial charge in [-0.3, -0.25) is 9.40 Å². The molecule has 0 fully saturated rings. The molecule has 0 amide bonds. The molecule has 1 aromatic heterocycles. The predicted octanol–water partition coefficient (Wildman–Crippen LogP) is 5.05. The van der Waals surface area contributed by atoms with Gasteiger partial charge in [0.25, 0.3) is 10.0 Å². The molecular weight excluding hydrogens is 406 g/mol. The van der Waals surface area contributed by atoms with Gasteiger partial charge in [-0.2, -0.15) is 5.10 Å². The van der Waals surface area contributed by atoms with Gasteiger partial charge in [0.2, 0.25) is 0 Å². The number of halogens is 1. The van der Waals surface area contributed by atoms with Crippen molar-refractivity contribution in [3.8, 4) is 11.3 Å². The second-order valence-electron chi connectivity index (χ2n) is 6.50. The Labute approximate surface area is 174 Å². The molecule has 1 N–H and O–H groups in total. The van der Waals surface area contributed by atoms with Crippen LogP contribution in [0.2, 0.25) is 5.02 Å². The van der Waals surface area contributed by atoms with E-state index in [2.05, 4.69) is 9.82 Å². The number of hydrogen-bond donors (Lipinski definition) is 1. The van der Waals surface area contributed by atoms with Crippen LogP contribution in [0.1, 0.15) is 5.56 Å². The molecule has 0 aliphatic carbocycles. The van der Waals surface area contributed by atoms with Crippen LogP contribution in [0.5, 0.6) is 0 Å². The summed E-state index contributed by atoms with van der Waals surface area (Å²) in [6, 6.07) is 25.6. The molecule has 0 aliphatic heterocycles. The fraction of sp³-hybridized carbons (Fsp3) is 0.0455. The van der Waals surface area contributed by atoms with Crippen LogP contribution in [0.4, 0.5) is 5.69 Å². The number of aromatic nitrogens is 2. The molecule has 4 rings (SSSR count). The van der Waals surface area contributed by atoms with E-state index in [1.807, 2.05) is 60.7 Å². The Morgan fingerprint density at radius 3 is 2.14 bits per heavy atom. The number of nitrogens with one attached hydrogen (secondary N) is 1. The smallest absolute Gasteiger partial charge is 0.265 e. The summed E-state index contributed by atoms with van der Waals surface area (Å²) in [5, 5.41) is 5.11. The van der Waals surface area contributed by atoms with Gasteiger partial charge in [-0.25, -0.2) is 8.42 Å². The van der Waals surface area contributed by atoms with E-state index in [-0.39, 0.29) is 4.90 Å². The molecule has 0 unspecified atom stereocenters. The molecule has 0 bridgehead atoms. The lowest BCUT2D eigenvalue weighted by molar-refractivity contribution is 0.601. The quantitative estimate of drug-likeness (QED) is 0.471. The third-order valence-corrected chi connectivity index (χ3v) is 5.98. The molecule has 0 saturated heterocycles. The monoisotopic (exact) mass is 423 g/mol. The molecule has 5 nitrogen and oxygen atoms in total. The Bertz CT molecular complexity index is 1210. The summed E-state index contributed by atoms with van der Waals surface area (Å²) in [4.78, 5) is 0.120. The van der Waals surface area contributed by atoms with Gasteiger partial charge in [0, 0.05) is 22.5 Å². The van der Waals surface area contributed by atoms with Gasteiger partial charge in [-0.05, 0) is 29.8 Å². The topological polar surface area (TPSA) is 64.0 Å². The predicted molar refractivity (Wildman–Crippen MR) is 115 cm³/mol. The highest BCUT2D eigenvalue weighted by atomic mass is 35.5. The van der Waals surface area contributed by atoms with Crippen LogP contribution < -0.4 is 4.72 Å². The molecule has 1 heterocycles. The first kappa shape index (κ1) is 19.2. The van der Waals surface area contributed by atoms with E-state index >= 15 is 0 Å². The van der Waals surface area contributed by atoms with Gasteiger partial charge >= 0.3 is 0 Å². The van der Waals surface area contributed by atoms with E-state index in [0.29, 0.717) is 22.9 Å². The Kier molecular flexibility index (Phi) is 5.38. The zero-order valence-corrected chi connectivity index (χ0v) is 16.9. The number of hydrogen-bond acceptors (Lipinski definition) is 3. The van der Waals surface area contributed by atoms with Gasteiger partial charge < -0.3 is 0 Å². The minimum atomic E-state index is -3.85. The fourth-order valence-corrected chi connectivity index (χ4v) is 4.33. The molecule has 4 aromatic rings. The molecule has 0 aliphatic rings. The number of benzene rings is 3. The summed E-state index contributed by atoms with van der Waals surface area (Å²) in [6.45, 7) is 0.469. The normalized spacial score (nSPS) is 11.3. The fourth-order valence-electron chi connectivity index (χ4n) is 2.98. The summed E-state index contributed by atoms with van der Waals surface area (Å²) in [7, 11) is -3.85. The first-order valence-corrected chi connectivity index (χ1v) is 10.8. The lowest BCUT2D eigenvalue weighted by atomic mass is 10.2. The van der Waals surface area contributed by atoms with Gasteiger partial charge in [0.1, 0.15) is 10.6 Å². The minimum Gasteiger partial charge on any atom is -0.280 e. The summed E-state index contributed by atoms with van der Waals surface area (Å²) in [5.74, 6) is 0. The SMILES string of the molecule is O=S(=O)(Nc1ccc(Cl)cc1)c1cn(Cc2ccccc2)nc1-c1ccccc1.